The third-order valence-electron chi connectivity index (χ3n) is 3.45. The third-order valence-corrected chi connectivity index (χ3v) is 3.45. The molecule has 8 heteroatoms. The van der Waals surface area contributed by atoms with Gasteiger partial charge in [-0.3, -0.25) is 0 Å². The van der Waals surface area contributed by atoms with Gasteiger partial charge in [0.25, 0.3) is 0 Å². The van der Waals surface area contributed by atoms with E-state index < -0.39 is 35.4 Å². The Hall–Kier alpha value is -1.86. The number of anilines is 1. The summed E-state index contributed by atoms with van der Waals surface area (Å²) in [6.07, 6.45) is -3.83. The standard InChI is InChI=1S/C13H12F5NO2/c14-8-5-7(6-9(15)11(8)12(20)21)19-4-2-1-3-10(19)13(16,17)18/h5-6,10H,1-4H2,(H,20,21)/t10-/m1/s1. The first-order valence-corrected chi connectivity index (χ1v) is 6.27. The van der Waals surface area contributed by atoms with E-state index in [-0.39, 0.29) is 18.7 Å². The average Bonchev–Trinajstić information content (AvgIpc) is 2.36. The van der Waals surface area contributed by atoms with Crippen LogP contribution in [0.1, 0.15) is 29.6 Å². The number of carbonyl (C=O) groups is 1. The molecular weight excluding hydrogens is 297 g/mol. The second kappa shape index (κ2) is 5.50. The van der Waals surface area contributed by atoms with Crippen LogP contribution in [-0.4, -0.2) is 29.8 Å². The summed E-state index contributed by atoms with van der Waals surface area (Å²) in [5, 5.41) is 8.66. The molecule has 116 valence electrons. The van der Waals surface area contributed by atoms with Gasteiger partial charge in [-0.05, 0) is 31.4 Å². The van der Waals surface area contributed by atoms with Crippen molar-refractivity contribution in [3.05, 3.63) is 29.3 Å². The summed E-state index contributed by atoms with van der Waals surface area (Å²) in [7, 11) is 0. The molecule has 3 nitrogen and oxygen atoms in total. The SMILES string of the molecule is O=C(O)c1c(F)cc(N2CCCC[C@@H]2C(F)(F)F)cc1F. The molecule has 0 bridgehead atoms. The summed E-state index contributed by atoms with van der Waals surface area (Å²) in [5.41, 5.74) is -1.46. The van der Waals surface area contributed by atoms with Gasteiger partial charge in [0.1, 0.15) is 23.2 Å². The Kier molecular flexibility index (Phi) is 4.06. The lowest BCUT2D eigenvalue weighted by Gasteiger charge is -2.38. The number of carboxylic acid groups (broad SMARTS) is 1. The Labute approximate surface area is 117 Å². The van der Waals surface area contributed by atoms with E-state index in [1.54, 1.807) is 0 Å². The maximum absolute atomic E-state index is 13.6. The van der Waals surface area contributed by atoms with Crippen molar-refractivity contribution in [1.29, 1.82) is 0 Å². The van der Waals surface area contributed by atoms with Crippen LogP contribution in [0, 0.1) is 11.6 Å². The smallest absolute Gasteiger partial charge is 0.408 e. The fraction of sp³-hybridized carbons (Fsp3) is 0.462. The van der Waals surface area contributed by atoms with Crippen LogP contribution in [0.4, 0.5) is 27.6 Å². The number of aromatic carboxylic acids is 1. The van der Waals surface area contributed by atoms with E-state index in [2.05, 4.69) is 0 Å². The molecule has 1 saturated heterocycles. The van der Waals surface area contributed by atoms with Crippen molar-refractivity contribution in [1.82, 2.24) is 0 Å². The largest absolute Gasteiger partial charge is 0.477 e. The molecule has 0 amide bonds. The third kappa shape index (κ3) is 3.08. The zero-order valence-corrected chi connectivity index (χ0v) is 10.8. The van der Waals surface area contributed by atoms with Gasteiger partial charge < -0.3 is 10.0 Å². The Bertz CT molecular complexity index is 535. The zero-order valence-electron chi connectivity index (χ0n) is 10.8. The minimum atomic E-state index is -4.52. The molecule has 1 atom stereocenters. The van der Waals surface area contributed by atoms with Gasteiger partial charge in [0.15, 0.2) is 0 Å². The molecule has 1 heterocycles. The lowest BCUT2D eigenvalue weighted by atomic mass is 10.00. The molecule has 1 aromatic rings. The van der Waals surface area contributed by atoms with Crippen molar-refractivity contribution in [3.63, 3.8) is 0 Å². The van der Waals surface area contributed by atoms with Gasteiger partial charge in [-0.1, -0.05) is 0 Å². The number of hydrogen-bond donors (Lipinski definition) is 1. The lowest BCUT2D eigenvalue weighted by Crippen LogP contribution is -2.48. The predicted molar refractivity (Wildman–Crippen MR) is 64.4 cm³/mol. The monoisotopic (exact) mass is 309 g/mol. The predicted octanol–water partition coefficient (Wildman–Crippen LogP) is 3.58. The van der Waals surface area contributed by atoms with Crippen molar-refractivity contribution in [2.24, 2.45) is 0 Å². The van der Waals surface area contributed by atoms with Crippen LogP contribution in [0.5, 0.6) is 0 Å². The summed E-state index contributed by atoms with van der Waals surface area (Å²) in [6, 6.07) is -0.548. The van der Waals surface area contributed by atoms with Crippen LogP contribution in [0.2, 0.25) is 0 Å². The van der Waals surface area contributed by atoms with Crippen molar-refractivity contribution >= 4 is 11.7 Å². The Morgan fingerprint density at radius 3 is 2.24 bits per heavy atom. The minimum Gasteiger partial charge on any atom is -0.477 e. The van der Waals surface area contributed by atoms with Crippen LogP contribution < -0.4 is 4.90 Å². The van der Waals surface area contributed by atoms with Crippen molar-refractivity contribution in [2.45, 2.75) is 31.5 Å². The maximum atomic E-state index is 13.6. The van der Waals surface area contributed by atoms with Gasteiger partial charge in [-0.15, -0.1) is 0 Å². The summed E-state index contributed by atoms with van der Waals surface area (Å²) < 4.78 is 66.1. The fourth-order valence-electron chi connectivity index (χ4n) is 2.51. The average molecular weight is 309 g/mol. The fourth-order valence-corrected chi connectivity index (χ4v) is 2.51. The Morgan fingerprint density at radius 2 is 1.76 bits per heavy atom. The summed E-state index contributed by atoms with van der Waals surface area (Å²) in [6.45, 7) is 0.00940. The molecule has 0 saturated carbocycles. The second-order valence-electron chi connectivity index (χ2n) is 4.84. The van der Waals surface area contributed by atoms with E-state index in [1.807, 2.05) is 0 Å². The van der Waals surface area contributed by atoms with Crippen LogP contribution >= 0.6 is 0 Å². The van der Waals surface area contributed by atoms with Crippen LogP contribution in [-0.2, 0) is 0 Å². The maximum Gasteiger partial charge on any atom is 0.408 e. The van der Waals surface area contributed by atoms with E-state index in [4.69, 9.17) is 5.11 Å². The van der Waals surface area contributed by atoms with Gasteiger partial charge in [-0.2, -0.15) is 13.2 Å². The Morgan fingerprint density at radius 1 is 1.19 bits per heavy atom. The number of rotatable bonds is 2. The van der Waals surface area contributed by atoms with Crippen molar-refractivity contribution < 1.29 is 31.9 Å². The van der Waals surface area contributed by atoms with Gasteiger partial charge in [0, 0.05) is 12.2 Å². The lowest BCUT2D eigenvalue weighted by molar-refractivity contribution is -0.152. The highest BCUT2D eigenvalue weighted by atomic mass is 19.4. The molecule has 2 rings (SSSR count). The van der Waals surface area contributed by atoms with Gasteiger partial charge in [0.2, 0.25) is 0 Å². The molecule has 0 aromatic heterocycles. The number of piperidine rings is 1. The van der Waals surface area contributed by atoms with E-state index in [0.29, 0.717) is 25.0 Å². The molecule has 0 aliphatic carbocycles. The summed E-state index contributed by atoms with van der Waals surface area (Å²) in [4.78, 5) is 11.6. The molecule has 1 aliphatic heterocycles. The normalized spacial score (nSPS) is 19.7. The van der Waals surface area contributed by atoms with E-state index >= 15 is 0 Å². The van der Waals surface area contributed by atoms with Gasteiger partial charge in [-0.25, -0.2) is 13.6 Å². The number of alkyl halides is 3. The van der Waals surface area contributed by atoms with E-state index in [1.165, 1.54) is 0 Å². The molecular formula is C13H12F5NO2. The molecule has 1 aliphatic rings. The van der Waals surface area contributed by atoms with Gasteiger partial charge >= 0.3 is 12.1 Å². The molecule has 21 heavy (non-hydrogen) atoms. The van der Waals surface area contributed by atoms with Crippen LogP contribution in [0.3, 0.4) is 0 Å². The minimum absolute atomic E-state index is 0.00940. The molecule has 1 aromatic carbocycles. The topological polar surface area (TPSA) is 40.5 Å². The molecule has 1 N–H and O–H groups in total. The first kappa shape index (κ1) is 15.5. The number of benzene rings is 1. The molecule has 0 radical (unpaired) electrons. The highest BCUT2D eigenvalue weighted by Gasteiger charge is 2.44. The number of hydrogen-bond acceptors (Lipinski definition) is 2. The first-order chi connectivity index (χ1) is 9.71. The first-order valence-electron chi connectivity index (χ1n) is 6.27. The van der Waals surface area contributed by atoms with Crippen molar-refractivity contribution in [3.8, 4) is 0 Å². The number of halogens is 5. The van der Waals surface area contributed by atoms with Crippen LogP contribution in [0.15, 0.2) is 12.1 Å². The Balaban J connectivity index is 2.43. The highest BCUT2D eigenvalue weighted by Crippen LogP contribution is 2.36. The highest BCUT2D eigenvalue weighted by molar-refractivity contribution is 5.88. The summed E-state index contributed by atoms with van der Waals surface area (Å²) in [5.74, 6) is -4.57. The quantitative estimate of drug-likeness (QED) is 0.849. The zero-order chi connectivity index (χ0) is 15.8. The number of carboxylic acids is 1. The van der Waals surface area contributed by atoms with Crippen molar-refractivity contribution in [2.75, 3.05) is 11.4 Å². The molecule has 0 spiro atoms. The van der Waals surface area contributed by atoms with Crippen LogP contribution in [0.25, 0.3) is 0 Å². The van der Waals surface area contributed by atoms with Gasteiger partial charge in [0.05, 0.1) is 0 Å². The second-order valence-corrected chi connectivity index (χ2v) is 4.84. The number of nitrogens with zero attached hydrogens (tertiary/aromatic N) is 1. The van der Waals surface area contributed by atoms with E-state index in [9.17, 15) is 26.7 Å². The molecule has 0 unspecified atom stereocenters. The summed E-state index contributed by atoms with van der Waals surface area (Å²) >= 11 is 0. The molecule has 1 fully saturated rings. The van der Waals surface area contributed by atoms with E-state index in [0.717, 1.165) is 4.90 Å².